The molecule has 2 heteroatoms. The maximum atomic E-state index is 5.28. The zero-order chi connectivity index (χ0) is 5.98. The average Bonchev–Trinajstić information content (AvgIpc) is 2.14. The van der Waals surface area contributed by atoms with Crippen molar-refractivity contribution in [2.24, 2.45) is 0 Å². The lowest BCUT2D eigenvalue weighted by atomic mass is 10.3. The van der Waals surface area contributed by atoms with Crippen molar-refractivity contribution in [3.8, 4) is 0 Å². The van der Waals surface area contributed by atoms with Gasteiger partial charge in [0.15, 0.2) is 0 Å². The lowest BCUT2D eigenvalue weighted by Gasteiger charge is -2.00. The maximum absolute atomic E-state index is 5.28. The van der Waals surface area contributed by atoms with Crippen molar-refractivity contribution in [2.75, 3.05) is 12.9 Å². The Morgan fingerprint density at radius 1 is 1.88 bits per heavy atom. The molecular formula is C6H10OS. The van der Waals surface area contributed by atoms with Crippen molar-refractivity contribution in [3.05, 3.63) is 12.2 Å². The van der Waals surface area contributed by atoms with Crippen LogP contribution in [0.2, 0.25) is 0 Å². The Labute approximate surface area is 54.1 Å². The highest BCUT2D eigenvalue weighted by Gasteiger charge is 2.15. The number of hydrogen-bond donors (Lipinski definition) is 0. The summed E-state index contributed by atoms with van der Waals surface area (Å²) in [5.74, 6) is 0. The first-order valence-corrected chi connectivity index (χ1v) is 3.93. The SMILES string of the molecule is C=C1COC(SC)C1. The Balaban J connectivity index is 2.32. The van der Waals surface area contributed by atoms with E-state index >= 15 is 0 Å². The van der Waals surface area contributed by atoms with E-state index in [-0.39, 0.29) is 0 Å². The normalized spacial score (nSPS) is 29.1. The Morgan fingerprint density at radius 3 is 2.88 bits per heavy atom. The monoisotopic (exact) mass is 130 g/mol. The van der Waals surface area contributed by atoms with Crippen LogP contribution < -0.4 is 0 Å². The summed E-state index contributed by atoms with van der Waals surface area (Å²) < 4.78 is 5.28. The summed E-state index contributed by atoms with van der Waals surface area (Å²) in [4.78, 5) is 0. The highest BCUT2D eigenvalue weighted by Crippen LogP contribution is 2.23. The van der Waals surface area contributed by atoms with Crippen LogP contribution in [-0.4, -0.2) is 18.3 Å². The Kier molecular flexibility index (Phi) is 1.97. The number of hydrogen-bond acceptors (Lipinski definition) is 2. The standard InChI is InChI=1S/C6H10OS/c1-5-3-6(8-2)7-4-5/h6H,1,3-4H2,2H3. The summed E-state index contributed by atoms with van der Waals surface area (Å²) in [6.07, 6.45) is 3.10. The number of rotatable bonds is 1. The van der Waals surface area contributed by atoms with E-state index in [1.165, 1.54) is 5.57 Å². The molecule has 1 saturated heterocycles. The zero-order valence-electron chi connectivity index (χ0n) is 5.02. The minimum Gasteiger partial charge on any atom is -0.363 e. The van der Waals surface area contributed by atoms with E-state index < -0.39 is 0 Å². The van der Waals surface area contributed by atoms with Gasteiger partial charge in [0.2, 0.25) is 0 Å². The smallest absolute Gasteiger partial charge is 0.107 e. The van der Waals surface area contributed by atoms with Crippen LogP contribution in [0.4, 0.5) is 0 Å². The molecule has 0 bridgehead atoms. The molecule has 0 N–H and O–H groups in total. The fourth-order valence-corrected chi connectivity index (χ4v) is 1.32. The first-order chi connectivity index (χ1) is 3.83. The molecule has 0 radical (unpaired) electrons. The van der Waals surface area contributed by atoms with Crippen LogP contribution in [-0.2, 0) is 4.74 Å². The van der Waals surface area contributed by atoms with Gasteiger partial charge in [-0.2, -0.15) is 0 Å². The van der Waals surface area contributed by atoms with E-state index in [9.17, 15) is 0 Å². The van der Waals surface area contributed by atoms with Crippen LogP contribution in [0.3, 0.4) is 0 Å². The summed E-state index contributed by atoms with van der Waals surface area (Å²) in [7, 11) is 0. The van der Waals surface area contributed by atoms with Gasteiger partial charge in [-0.05, 0) is 11.8 Å². The minimum absolute atomic E-state index is 0.391. The third-order valence-corrected chi connectivity index (χ3v) is 2.02. The zero-order valence-corrected chi connectivity index (χ0v) is 5.83. The molecule has 1 rings (SSSR count). The summed E-state index contributed by atoms with van der Waals surface area (Å²) in [6.45, 7) is 4.58. The van der Waals surface area contributed by atoms with Gasteiger partial charge in [0, 0.05) is 6.42 Å². The van der Waals surface area contributed by atoms with Crippen LogP contribution in [0, 0.1) is 0 Å². The second-order valence-corrected chi connectivity index (χ2v) is 2.93. The van der Waals surface area contributed by atoms with Gasteiger partial charge in [0.1, 0.15) is 5.44 Å². The molecule has 0 aliphatic carbocycles. The lowest BCUT2D eigenvalue weighted by Crippen LogP contribution is -1.95. The number of ether oxygens (including phenoxy) is 1. The second-order valence-electron chi connectivity index (χ2n) is 1.93. The van der Waals surface area contributed by atoms with Gasteiger partial charge in [-0.15, -0.1) is 11.8 Å². The van der Waals surface area contributed by atoms with Crippen molar-refractivity contribution in [1.29, 1.82) is 0 Å². The molecule has 1 unspecified atom stereocenters. The van der Waals surface area contributed by atoms with Crippen LogP contribution in [0.15, 0.2) is 12.2 Å². The lowest BCUT2D eigenvalue weighted by molar-refractivity contribution is 0.179. The van der Waals surface area contributed by atoms with Gasteiger partial charge in [0.25, 0.3) is 0 Å². The van der Waals surface area contributed by atoms with E-state index in [1.807, 2.05) is 0 Å². The maximum Gasteiger partial charge on any atom is 0.107 e. The first-order valence-electron chi connectivity index (χ1n) is 2.64. The van der Waals surface area contributed by atoms with Crippen LogP contribution in [0.25, 0.3) is 0 Å². The third-order valence-electron chi connectivity index (χ3n) is 1.19. The highest BCUT2D eigenvalue weighted by molar-refractivity contribution is 7.99. The van der Waals surface area contributed by atoms with E-state index in [2.05, 4.69) is 12.8 Å². The molecule has 46 valence electrons. The van der Waals surface area contributed by atoms with E-state index in [1.54, 1.807) is 11.8 Å². The summed E-state index contributed by atoms with van der Waals surface area (Å²) in [5.41, 5.74) is 1.62. The van der Waals surface area contributed by atoms with Crippen molar-refractivity contribution >= 4 is 11.8 Å². The van der Waals surface area contributed by atoms with E-state index in [4.69, 9.17) is 4.74 Å². The van der Waals surface area contributed by atoms with Crippen molar-refractivity contribution in [2.45, 2.75) is 11.9 Å². The molecule has 1 atom stereocenters. The molecule has 1 aliphatic rings. The van der Waals surface area contributed by atoms with Gasteiger partial charge >= 0.3 is 0 Å². The van der Waals surface area contributed by atoms with Gasteiger partial charge in [-0.1, -0.05) is 6.58 Å². The average molecular weight is 130 g/mol. The van der Waals surface area contributed by atoms with Crippen molar-refractivity contribution in [1.82, 2.24) is 0 Å². The molecule has 0 saturated carbocycles. The fraction of sp³-hybridized carbons (Fsp3) is 0.667. The van der Waals surface area contributed by atoms with Crippen molar-refractivity contribution in [3.63, 3.8) is 0 Å². The van der Waals surface area contributed by atoms with Crippen molar-refractivity contribution < 1.29 is 4.74 Å². The summed E-state index contributed by atoms with van der Waals surface area (Å²) in [6, 6.07) is 0. The molecule has 0 aromatic rings. The van der Waals surface area contributed by atoms with E-state index in [0.717, 1.165) is 13.0 Å². The molecule has 1 aliphatic heterocycles. The number of thioether (sulfide) groups is 1. The summed E-state index contributed by atoms with van der Waals surface area (Å²) in [5, 5.41) is 0. The molecule has 0 aromatic carbocycles. The van der Waals surface area contributed by atoms with Gasteiger partial charge in [-0.25, -0.2) is 0 Å². The molecular weight excluding hydrogens is 120 g/mol. The second kappa shape index (κ2) is 2.55. The predicted octanol–water partition coefficient (Wildman–Crippen LogP) is 1.65. The molecule has 0 amide bonds. The predicted molar refractivity (Wildman–Crippen MR) is 37.0 cm³/mol. The molecule has 1 nitrogen and oxygen atoms in total. The Morgan fingerprint density at radius 2 is 2.62 bits per heavy atom. The summed E-state index contributed by atoms with van der Waals surface area (Å²) >= 11 is 1.75. The largest absolute Gasteiger partial charge is 0.363 e. The minimum atomic E-state index is 0.391. The van der Waals surface area contributed by atoms with Crippen LogP contribution in [0.5, 0.6) is 0 Å². The van der Waals surface area contributed by atoms with Gasteiger partial charge in [-0.3, -0.25) is 0 Å². The molecule has 1 fully saturated rings. The topological polar surface area (TPSA) is 9.23 Å². The first kappa shape index (κ1) is 6.17. The highest BCUT2D eigenvalue weighted by atomic mass is 32.2. The quantitative estimate of drug-likeness (QED) is 0.499. The van der Waals surface area contributed by atoms with E-state index in [0.29, 0.717) is 5.44 Å². The van der Waals surface area contributed by atoms with Crippen LogP contribution in [0.1, 0.15) is 6.42 Å². The fourth-order valence-electron chi connectivity index (χ4n) is 0.716. The molecule has 1 heterocycles. The molecule has 0 spiro atoms. The third kappa shape index (κ3) is 1.26. The molecule has 8 heavy (non-hydrogen) atoms. The Hall–Kier alpha value is 0.0500. The molecule has 0 aromatic heterocycles. The Bertz CT molecular complexity index is 101. The van der Waals surface area contributed by atoms with Gasteiger partial charge in [0.05, 0.1) is 6.61 Å². The van der Waals surface area contributed by atoms with Crippen LogP contribution >= 0.6 is 11.8 Å². The van der Waals surface area contributed by atoms with Gasteiger partial charge < -0.3 is 4.74 Å².